The van der Waals surface area contributed by atoms with Gasteiger partial charge >= 0.3 is 0 Å². The number of benzene rings is 2. The first kappa shape index (κ1) is 19.5. The van der Waals surface area contributed by atoms with Gasteiger partial charge < -0.3 is 10.6 Å². The summed E-state index contributed by atoms with van der Waals surface area (Å²) in [5.74, 6) is 0.649. The number of anilines is 1. The lowest BCUT2D eigenvalue weighted by Crippen LogP contribution is -2.27. The fourth-order valence-electron chi connectivity index (χ4n) is 2.82. The second-order valence-electron chi connectivity index (χ2n) is 6.48. The first-order valence-corrected chi connectivity index (χ1v) is 9.26. The summed E-state index contributed by atoms with van der Waals surface area (Å²) in [6, 6.07) is 18.1. The Kier molecular flexibility index (Phi) is 6.68. The van der Waals surface area contributed by atoms with Crippen LogP contribution in [0.15, 0.2) is 60.7 Å². The van der Waals surface area contributed by atoms with Crippen LogP contribution in [0.5, 0.6) is 0 Å². The molecule has 144 valence electrons. The normalized spacial score (nSPS) is 10.5. The molecule has 2 aromatic carbocycles. The summed E-state index contributed by atoms with van der Waals surface area (Å²) in [6.45, 7) is 2.92. The molecule has 0 radical (unpaired) electrons. The summed E-state index contributed by atoms with van der Waals surface area (Å²) in [6.07, 6.45) is 1.49. The first-order valence-electron chi connectivity index (χ1n) is 9.26. The van der Waals surface area contributed by atoms with Crippen molar-refractivity contribution in [3.63, 3.8) is 0 Å². The Morgan fingerprint density at radius 1 is 0.929 bits per heavy atom. The predicted molar refractivity (Wildman–Crippen MR) is 108 cm³/mol. The minimum Gasteiger partial charge on any atom is -0.370 e. The third-order valence-corrected chi connectivity index (χ3v) is 4.25. The SMILES string of the molecule is Cc1nc(NCCc2ccccc2)cc(C(=O)NCCc2ccc(F)cc2)n1. The van der Waals surface area contributed by atoms with E-state index in [0.29, 0.717) is 36.8 Å². The number of nitrogens with zero attached hydrogens (tertiary/aromatic N) is 2. The molecule has 1 amide bonds. The lowest BCUT2D eigenvalue weighted by atomic mass is 10.1. The molecule has 0 aliphatic heterocycles. The highest BCUT2D eigenvalue weighted by Gasteiger charge is 2.10. The van der Waals surface area contributed by atoms with Crippen LogP contribution in [0.2, 0.25) is 0 Å². The number of carbonyl (C=O) groups excluding carboxylic acids is 1. The molecular weight excluding hydrogens is 355 g/mol. The second kappa shape index (κ2) is 9.60. The van der Waals surface area contributed by atoms with Gasteiger partial charge in [0.15, 0.2) is 0 Å². The number of amides is 1. The highest BCUT2D eigenvalue weighted by atomic mass is 19.1. The Morgan fingerprint density at radius 2 is 1.61 bits per heavy atom. The van der Waals surface area contributed by atoms with Crippen molar-refractivity contribution < 1.29 is 9.18 Å². The number of nitrogens with one attached hydrogen (secondary N) is 2. The zero-order valence-corrected chi connectivity index (χ0v) is 15.8. The van der Waals surface area contributed by atoms with Crippen molar-refractivity contribution in [1.82, 2.24) is 15.3 Å². The predicted octanol–water partition coefficient (Wildman–Crippen LogP) is 3.55. The van der Waals surface area contributed by atoms with Gasteiger partial charge in [-0.1, -0.05) is 42.5 Å². The van der Waals surface area contributed by atoms with Gasteiger partial charge in [0, 0.05) is 19.2 Å². The van der Waals surface area contributed by atoms with E-state index in [0.717, 1.165) is 12.0 Å². The van der Waals surface area contributed by atoms with Gasteiger partial charge in [-0.25, -0.2) is 14.4 Å². The van der Waals surface area contributed by atoms with Crippen LogP contribution in [0.4, 0.5) is 10.2 Å². The van der Waals surface area contributed by atoms with E-state index in [1.807, 2.05) is 18.2 Å². The number of hydrogen-bond acceptors (Lipinski definition) is 4. The van der Waals surface area contributed by atoms with Gasteiger partial charge in [-0.3, -0.25) is 4.79 Å². The molecule has 0 unspecified atom stereocenters. The van der Waals surface area contributed by atoms with E-state index in [1.54, 1.807) is 25.1 Å². The zero-order chi connectivity index (χ0) is 19.8. The van der Waals surface area contributed by atoms with Crippen LogP contribution in [-0.4, -0.2) is 29.0 Å². The van der Waals surface area contributed by atoms with E-state index >= 15 is 0 Å². The molecule has 0 atom stereocenters. The summed E-state index contributed by atoms with van der Waals surface area (Å²) in [4.78, 5) is 21.0. The van der Waals surface area contributed by atoms with E-state index in [9.17, 15) is 9.18 Å². The number of aromatic nitrogens is 2. The molecule has 0 spiro atoms. The highest BCUT2D eigenvalue weighted by Crippen LogP contribution is 2.08. The second-order valence-corrected chi connectivity index (χ2v) is 6.48. The maximum atomic E-state index is 12.9. The molecule has 0 saturated carbocycles. The van der Waals surface area contributed by atoms with E-state index in [2.05, 4.69) is 32.7 Å². The molecule has 5 nitrogen and oxygen atoms in total. The molecule has 6 heteroatoms. The number of halogens is 1. The van der Waals surface area contributed by atoms with Crippen LogP contribution in [0.1, 0.15) is 27.4 Å². The lowest BCUT2D eigenvalue weighted by Gasteiger charge is -2.09. The van der Waals surface area contributed by atoms with Crippen molar-refractivity contribution in [2.24, 2.45) is 0 Å². The molecule has 0 bridgehead atoms. The van der Waals surface area contributed by atoms with Crippen LogP contribution in [0, 0.1) is 12.7 Å². The van der Waals surface area contributed by atoms with Crippen molar-refractivity contribution in [2.75, 3.05) is 18.4 Å². The van der Waals surface area contributed by atoms with Crippen molar-refractivity contribution in [1.29, 1.82) is 0 Å². The molecule has 1 heterocycles. The van der Waals surface area contributed by atoms with Gasteiger partial charge in [-0.15, -0.1) is 0 Å². The first-order chi connectivity index (χ1) is 13.6. The smallest absolute Gasteiger partial charge is 0.270 e. The fourth-order valence-corrected chi connectivity index (χ4v) is 2.82. The Labute approximate surface area is 164 Å². The van der Waals surface area contributed by atoms with Gasteiger partial charge in [0.05, 0.1) is 0 Å². The van der Waals surface area contributed by atoms with Crippen molar-refractivity contribution >= 4 is 11.7 Å². The van der Waals surface area contributed by atoms with Crippen molar-refractivity contribution in [2.45, 2.75) is 19.8 Å². The third-order valence-electron chi connectivity index (χ3n) is 4.25. The summed E-state index contributed by atoms with van der Waals surface area (Å²) < 4.78 is 12.9. The van der Waals surface area contributed by atoms with E-state index < -0.39 is 0 Å². The number of hydrogen-bond donors (Lipinski definition) is 2. The molecule has 3 aromatic rings. The maximum absolute atomic E-state index is 12.9. The third kappa shape index (κ3) is 5.87. The Hall–Kier alpha value is -3.28. The molecule has 1 aromatic heterocycles. The topological polar surface area (TPSA) is 66.9 Å². The highest BCUT2D eigenvalue weighted by molar-refractivity contribution is 5.92. The Bertz CT molecular complexity index is 914. The van der Waals surface area contributed by atoms with Crippen molar-refractivity contribution in [3.05, 3.63) is 89.1 Å². The molecule has 0 fully saturated rings. The summed E-state index contributed by atoms with van der Waals surface area (Å²) in [5.41, 5.74) is 2.53. The standard InChI is InChI=1S/C22H23FN4O/c1-16-26-20(22(28)25-14-12-18-7-9-19(23)10-8-18)15-21(27-16)24-13-11-17-5-3-2-4-6-17/h2-10,15H,11-14H2,1H3,(H,25,28)(H,24,26,27). The summed E-state index contributed by atoms with van der Waals surface area (Å²) >= 11 is 0. The van der Waals surface area contributed by atoms with Crippen LogP contribution in [0.3, 0.4) is 0 Å². The number of aryl methyl sites for hydroxylation is 1. The van der Waals surface area contributed by atoms with Crippen LogP contribution in [0.25, 0.3) is 0 Å². The van der Waals surface area contributed by atoms with E-state index in [1.165, 1.54) is 17.7 Å². The Morgan fingerprint density at radius 3 is 2.36 bits per heavy atom. The molecule has 0 aliphatic carbocycles. The maximum Gasteiger partial charge on any atom is 0.270 e. The largest absolute Gasteiger partial charge is 0.370 e. The molecular formula is C22H23FN4O. The Balaban J connectivity index is 1.52. The minimum atomic E-state index is -0.267. The zero-order valence-electron chi connectivity index (χ0n) is 15.8. The molecule has 3 rings (SSSR count). The molecule has 0 aliphatic rings. The van der Waals surface area contributed by atoms with Gasteiger partial charge in [0.25, 0.3) is 5.91 Å². The van der Waals surface area contributed by atoms with Crippen LogP contribution in [-0.2, 0) is 12.8 Å². The fraction of sp³-hybridized carbons (Fsp3) is 0.227. The van der Waals surface area contributed by atoms with Gasteiger partial charge in [0.1, 0.15) is 23.2 Å². The number of carbonyl (C=O) groups is 1. The molecule has 28 heavy (non-hydrogen) atoms. The summed E-state index contributed by atoms with van der Waals surface area (Å²) in [7, 11) is 0. The van der Waals surface area contributed by atoms with E-state index in [4.69, 9.17) is 0 Å². The van der Waals surface area contributed by atoms with Gasteiger partial charge in [-0.05, 0) is 43.0 Å². The lowest BCUT2D eigenvalue weighted by molar-refractivity contribution is 0.0949. The quantitative estimate of drug-likeness (QED) is 0.629. The average Bonchev–Trinajstić information content (AvgIpc) is 2.70. The van der Waals surface area contributed by atoms with Crippen LogP contribution >= 0.6 is 0 Å². The van der Waals surface area contributed by atoms with Crippen LogP contribution < -0.4 is 10.6 Å². The van der Waals surface area contributed by atoms with Gasteiger partial charge in [0.2, 0.25) is 0 Å². The average molecular weight is 378 g/mol. The molecule has 0 saturated heterocycles. The monoisotopic (exact) mass is 378 g/mol. The summed E-state index contributed by atoms with van der Waals surface area (Å²) in [5, 5.41) is 6.10. The van der Waals surface area contributed by atoms with Gasteiger partial charge in [-0.2, -0.15) is 0 Å². The van der Waals surface area contributed by atoms with E-state index in [-0.39, 0.29) is 11.7 Å². The molecule has 2 N–H and O–H groups in total. The number of rotatable bonds is 8. The van der Waals surface area contributed by atoms with Crippen molar-refractivity contribution in [3.8, 4) is 0 Å². The minimum absolute atomic E-state index is 0.251.